The fourth-order valence-corrected chi connectivity index (χ4v) is 3.72. The van der Waals surface area contributed by atoms with Gasteiger partial charge in [0.15, 0.2) is 11.5 Å². The molecule has 1 N–H and O–H groups in total. The summed E-state index contributed by atoms with van der Waals surface area (Å²) in [5, 5.41) is 5.82. The van der Waals surface area contributed by atoms with Gasteiger partial charge in [0.2, 0.25) is 0 Å². The summed E-state index contributed by atoms with van der Waals surface area (Å²) in [4.78, 5) is 1.38. The summed E-state index contributed by atoms with van der Waals surface area (Å²) in [6.45, 7) is 6.74. The Morgan fingerprint density at radius 3 is 2.77 bits per heavy atom. The van der Waals surface area contributed by atoms with Crippen molar-refractivity contribution in [1.82, 2.24) is 5.32 Å². The van der Waals surface area contributed by atoms with Gasteiger partial charge in [-0.1, -0.05) is 32.0 Å². The van der Waals surface area contributed by atoms with E-state index in [0.717, 1.165) is 37.7 Å². The standard InChI is InChI=1S/C18H23NO2S/c1-13(2)17(16-8-4-11-22-16)19-12-14-6-3-7-15-18(14)21-10-5-9-20-15/h3-4,6-8,11,13,17,19H,5,9-10,12H2,1-2H3. The van der Waals surface area contributed by atoms with Crippen molar-refractivity contribution in [3.63, 3.8) is 0 Å². The monoisotopic (exact) mass is 317 g/mol. The highest BCUT2D eigenvalue weighted by atomic mass is 32.1. The molecule has 1 aliphatic heterocycles. The van der Waals surface area contributed by atoms with Crippen molar-refractivity contribution in [1.29, 1.82) is 0 Å². The lowest BCUT2D eigenvalue weighted by Gasteiger charge is -2.22. The number of hydrogen-bond acceptors (Lipinski definition) is 4. The van der Waals surface area contributed by atoms with Gasteiger partial charge in [-0.15, -0.1) is 11.3 Å². The number of fused-ring (bicyclic) bond motifs is 1. The molecule has 0 bridgehead atoms. The molecular formula is C18H23NO2S. The van der Waals surface area contributed by atoms with Gasteiger partial charge in [-0.05, 0) is 23.4 Å². The van der Waals surface area contributed by atoms with E-state index in [1.165, 1.54) is 10.4 Å². The van der Waals surface area contributed by atoms with Crippen LogP contribution in [0.1, 0.15) is 36.8 Å². The molecule has 3 rings (SSSR count). The predicted octanol–water partition coefficient (Wildman–Crippen LogP) is 4.40. The summed E-state index contributed by atoms with van der Waals surface area (Å²) in [5.41, 5.74) is 1.17. The van der Waals surface area contributed by atoms with Crippen LogP contribution in [0.4, 0.5) is 0 Å². The van der Waals surface area contributed by atoms with Gasteiger partial charge in [0.1, 0.15) is 0 Å². The predicted molar refractivity (Wildman–Crippen MR) is 90.8 cm³/mol. The largest absolute Gasteiger partial charge is 0.490 e. The minimum absolute atomic E-state index is 0.363. The average molecular weight is 317 g/mol. The van der Waals surface area contributed by atoms with E-state index in [1.54, 1.807) is 0 Å². The third kappa shape index (κ3) is 3.45. The normalized spacial score (nSPS) is 15.6. The maximum Gasteiger partial charge on any atom is 0.165 e. The first-order valence-electron chi connectivity index (χ1n) is 7.90. The second-order valence-corrected chi connectivity index (χ2v) is 6.89. The maximum atomic E-state index is 5.90. The third-order valence-corrected chi connectivity index (χ3v) is 4.84. The molecule has 1 atom stereocenters. The van der Waals surface area contributed by atoms with E-state index in [9.17, 15) is 0 Å². The van der Waals surface area contributed by atoms with E-state index >= 15 is 0 Å². The molecule has 118 valence electrons. The lowest BCUT2D eigenvalue weighted by Crippen LogP contribution is -2.24. The molecule has 0 aliphatic carbocycles. The molecule has 2 aromatic rings. The van der Waals surface area contributed by atoms with Crippen molar-refractivity contribution in [2.45, 2.75) is 32.9 Å². The van der Waals surface area contributed by atoms with Crippen LogP contribution in [-0.2, 0) is 6.54 Å². The zero-order chi connectivity index (χ0) is 15.4. The van der Waals surface area contributed by atoms with Gasteiger partial charge in [-0.25, -0.2) is 0 Å². The Morgan fingerprint density at radius 2 is 2.00 bits per heavy atom. The lowest BCUT2D eigenvalue weighted by molar-refractivity contribution is 0.295. The van der Waals surface area contributed by atoms with Crippen LogP contribution < -0.4 is 14.8 Å². The Balaban J connectivity index is 1.76. The summed E-state index contributed by atoms with van der Waals surface area (Å²) in [7, 11) is 0. The zero-order valence-corrected chi connectivity index (χ0v) is 14.0. The number of thiophene rings is 1. The van der Waals surface area contributed by atoms with Crippen LogP contribution in [-0.4, -0.2) is 13.2 Å². The van der Waals surface area contributed by atoms with Crippen molar-refractivity contribution in [3.05, 3.63) is 46.2 Å². The zero-order valence-electron chi connectivity index (χ0n) is 13.2. The van der Waals surface area contributed by atoms with E-state index in [-0.39, 0.29) is 0 Å². The smallest absolute Gasteiger partial charge is 0.165 e. The van der Waals surface area contributed by atoms with Crippen LogP contribution in [0.3, 0.4) is 0 Å². The SMILES string of the molecule is CC(C)C(NCc1cccc2c1OCCCO2)c1cccs1. The van der Waals surface area contributed by atoms with Gasteiger partial charge in [-0.2, -0.15) is 0 Å². The van der Waals surface area contributed by atoms with E-state index < -0.39 is 0 Å². The Morgan fingerprint density at radius 1 is 1.14 bits per heavy atom. The van der Waals surface area contributed by atoms with Crippen LogP contribution in [0, 0.1) is 5.92 Å². The van der Waals surface area contributed by atoms with E-state index in [4.69, 9.17) is 9.47 Å². The third-order valence-electron chi connectivity index (χ3n) is 3.88. The number of para-hydroxylation sites is 1. The minimum Gasteiger partial charge on any atom is -0.490 e. The van der Waals surface area contributed by atoms with Crippen molar-refractivity contribution >= 4 is 11.3 Å². The van der Waals surface area contributed by atoms with E-state index in [1.807, 2.05) is 23.5 Å². The molecule has 4 heteroatoms. The Kier molecular flexibility index (Phi) is 5.01. The number of nitrogens with one attached hydrogen (secondary N) is 1. The van der Waals surface area contributed by atoms with Crippen LogP contribution >= 0.6 is 11.3 Å². The molecule has 1 aliphatic rings. The topological polar surface area (TPSA) is 30.5 Å². The number of hydrogen-bond donors (Lipinski definition) is 1. The first kappa shape index (κ1) is 15.4. The highest BCUT2D eigenvalue weighted by Crippen LogP contribution is 2.34. The van der Waals surface area contributed by atoms with Gasteiger partial charge in [-0.3, -0.25) is 0 Å². The lowest BCUT2D eigenvalue weighted by atomic mass is 10.0. The molecule has 0 saturated carbocycles. The minimum atomic E-state index is 0.363. The van der Waals surface area contributed by atoms with Crippen LogP contribution in [0.25, 0.3) is 0 Å². The van der Waals surface area contributed by atoms with Gasteiger partial charge in [0.05, 0.1) is 13.2 Å². The van der Waals surface area contributed by atoms with E-state index in [2.05, 4.69) is 42.7 Å². The number of rotatable bonds is 5. The number of benzene rings is 1. The Bertz CT molecular complexity index is 595. The van der Waals surface area contributed by atoms with Gasteiger partial charge < -0.3 is 14.8 Å². The van der Waals surface area contributed by atoms with Crippen LogP contribution in [0.2, 0.25) is 0 Å². The molecule has 2 heterocycles. The molecule has 0 spiro atoms. The Hall–Kier alpha value is -1.52. The summed E-state index contributed by atoms with van der Waals surface area (Å²) in [6.07, 6.45) is 0.936. The molecule has 0 saturated heterocycles. The van der Waals surface area contributed by atoms with Crippen molar-refractivity contribution in [3.8, 4) is 11.5 Å². The molecule has 1 unspecified atom stereocenters. The molecule has 22 heavy (non-hydrogen) atoms. The number of ether oxygens (including phenoxy) is 2. The molecule has 1 aromatic carbocycles. The first-order valence-corrected chi connectivity index (χ1v) is 8.78. The van der Waals surface area contributed by atoms with Crippen LogP contribution in [0.15, 0.2) is 35.7 Å². The van der Waals surface area contributed by atoms with Gasteiger partial charge >= 0.3 is 0 Å². The highest BCUT2D eigenvalue weighted by Gasteiger charge is 2.19. The van der Waals surface area contributed by atoms with Crippen LogP contribution in [0.5, 0.6) is 11.5 Å². The fourth-order valence-electron chi connectivity index (χ4n) is 2.75. The quantitative estimate of drug-likeness (QED) is 0.887. The van der Waals surface area contributed by atoms with Gasteiger partial charge in [0.25, 0.3) is 0 Å². The summed E-state index contributed by atoms with van der Waals surface area (Å²) in [6, 6.07) is 10.8. The average Bonchev–Trinajstić information content (AvgIpc) is 2.91. The second-order valence-electron chi connectivity index (χ2n) is 5.91. The molecule has 0 fully saturated rings. The fraction of sp³-hybridized carbons (Fsp3) is 0.444. The second kappa shape index (κ2) is 7.16. The summed E-state index contributed by atoms with van der Waals surface area (Å²) in [5.74, 6) is 2.31. The molecule has 0 radical (unpaired) electrons. The molecule has 3 nitrogen and oxygen atoms in total. The highest BCUT2D eigenvalue weighted by molar-refractivity contribution is 7.10. The molecule has 0 amide bonds. The first-order chi connectivity index (χ1) is 10.8. The summed E-state index contributed by atoms with van der Waals surface area (Å²) >= 11 is 1.81. The van der Waals surface area contributed by atoms with Crippen molar-refractivity contribution < 1.29 is 9.47 Å². The molecule has 1 aromatic heterocycles. The summed E-state index contributed by atoms with van der Waals surface area (Å²) < 4.78 is 11.7. The Labute approximate surface area is 136 Å². The maximum absolute atomic E-state index is 5.90. The molecular weight excluding hydrogens is 294 g/mol. The van der Waals surface area contributed by atoms with E-state index in [0.29, 0.717) is 12.0 Å². The van der Waals surface area contributed by atoms with Gasteiger partial charge in [0, 0.05) is 29.4 Å². The van der Waals surface area contributed by atoms with Crippen molar-refractivity contribution in [2.24, 2.45) is 5.92 Å². The van der Waals surface area contributed by atoms with Crippen molar-refractivity contribution in [2.75, 3.05) is 13.2 Å².